The van der Waals surface area contributed by atoms with Gasteiger partial charge in [0, 0.05) is 18.3 Å². The zero-order chi connectivity index (χ0) is 12.3. The average molecular weight is 237 g/mol. The van der Waals surface area contributed by atoms with Gasteiger partial charge in [-0.2, -0.15) is 13.2 Å². The van der Waals surface area contributed by atoms with Crippen LogP contribution < -0.4 is 5.73 Å². The minimum absolute atomic E-state index is 0.146. The molecule has 0 spiro atoms. The maximum atomic E-state index is 12.1. The van der Waals surface area contributed by atoms with Gasteiger partial charge >= 0.3 is 12.1 Å². The van der Waals surface area contributed by atoms with E-state index in [-0.39, 0.29) is 12.1 Å². The van der Waals surface area contributed by atoms with Crippen LogP contribution in [0.3, 0.4) is 0 Å². The molecule has 3 N–H and O–H groups in total. The summed E-state index contributed by atoms with van der Waals surface area (Å²) in [5.41, 5.74) is 5.36. The quantitative estimate of drug-likeness (QED) is 0.794. The summed E-state index contributed by atoms with van der Waals surface area (Å²) in [7, 11) is 0. The first-order valence-corrected chi connectivity index (χ1v) is 4.34. The van der Waals surface area contributed by atoms with E-state index < -0.39 is 24.7 Å². The number of nitrogens with zero attached hydrogens (tertiary/aromatic N) is 2. The van der Waals surface area contributed by atoms with E-state index in [9.17, 15) is 18.0 Å². The van der Waals surface area contributed by atoms with Crippen LogP contribution in [0.15, 0.2) is 12.5 Å². The third kappa shape index (κ3) is 3.54. The lowest BCUT2D eigenvalue weighted by Gasteiger charge is -2.12. The Morgan fingerprint density at radius 1 is 1.62 bits per heavy atom. The molecule has 1 heterocycles. The van der Waals surface area contributed by atoms with Gasteiger partial charge in [0.2, 0.25) is 0 Å². The Morgan fingerprint density at radius 3 is 2.75 bits per heavy atom. The summed E-state index contributed by atoms with van der Waals surface area (Å²) in [5, 5.41) is 8.53. The highest BCUT2D eigenvalue weighted by atomic mass is 19.4. The van der Waals surface area contributed by atoms with E-state index in [1.807, 2.05) is 0 Å². The van der Waals surface area contributed by atoms with Gasteiger partial charge in [0.05, 0.1) is 6.33 Å². The van der Waals surface area contributed by atoms with E-state index in [1.54, 1.807) is 0 Å². The third-order valence-electron chi connectivity index (χ3n) is 1.89. The molecule has 0 unspecified atom stereocenters. The summed E-state index contributed by atoms with van der Waals surface area (Å²) in [5.74, 6) is -1.26. The number of carboxylic acid groups (broad SMARTS) is 1. The number of alkyl halides is 3. The van der Waals surface area contributed by atoms with Crippen molar-refractivity contribution >= 4 is 5.97 Å². The molecule has 0 bridgehead atoms. The molecule has 0 radical (unpaired) electrons. The molecule has 0 aliphatic heterocycles. The van der Waals surface area contributed by atoms with Crippen LogP contribution in [-0.2, 0) is 17.8 Å². The first-order valence-electron chi connectivity index (χ1n) is 4.34. The molecule has 1 rings (SSSR count). The van der Waals surface area contributed by atoms with E-state index in [2.05, 4.69) is 4.98 Å². The normalized spacial score (nSPS) is 13.8. The molecule has 90 valence electrons. The van der Waals surface area contributed by atoms with Crippen molar-refractivity contribution in [2.45, 2.75) is 25.2 Å². The molecule has 0 aliphatic rings. The first-order chi connectivity index (χ1) is 7.29. The Labute approximate surface area is 88.7 Å². The fraction of sp³-hybridized carbons (Fsp3) is 0.500. The van der Waals surface area contributed by atoms with Gasteiger partial charge < -0.3 is 15.4 Å². The number of carbonyl (C=O) groups is 1. The minimum Gasteiger partial charge on any atom is -0.480 e. The fourth-order valence-electron chi connectivity index (χ4n) is 1.17. The number of hydrogen-bond acceptors (Lipinski definition) is 3. The van der Waals surface area contributed by atoms with Crippen LogP contribution in [0.1, 0.15) is 5.69 Å². The maximum absolute atomic E-state index is 12.1. The lowest BCUT2D eigenvalue weighted by molar-refractivity contribution is -0.141. The Morgan fingerprint density at radius 2 is 2.25 bits per heavy atom. The van der Waals surface area contributed by atoms with Gasteiger partial charge in [0.25, 0.3) is 0 Å². The smallest absolute Gasteiger partial charge is 0.406 e. The number of nitrogens with two attached hydrogens (primary N) is 1. The van der Waals surface area contributed by atoms with E-state index in [0.717, 1.165) is 10.9 Å². The second-order valence-electron chi connectivity index (χ2n) is 3.28. The molecule has 0 aromatic carbocycles. The maximum Gasteiger partial charge on any atom is 0.406 e. The molecule has 0 saturated heterocycles. The van der Waals surface area contributed by atoms with Crippen LogP contribution in [0.5, 0.6) is 0 Å². The molecule has 0 amide bonds. The van der Waals surface area contributed by atoms with Crippen molar-refractivity contribution in [3.05, 3.63) is 18.2 Å². The topological polar surface area (TPSA) is 81.1 Å². The minimum atomic E-state index is -4.37. The van der Waals surface area contributed by atoms with Crippen molar-refractivity contribution in [3.63, 3.8) is 0 Å². The lowest BCUT2D eigenvalue weighted by atomic mass is 10.2. The number of aliphatic carboxylic acids is 1. The summed E-state index contributed by atoms with van der Waals surface area (Å²) < 4.78 is 37.1. The summed E-state index contributed by atoms with van der Waals surface area (Å²) in [4.78, 5) is 14.0. The molecule has 0 saturated carbocycles. The number of halogens is 3. The summed E-state index contributed by atoms with van der Waals surface area (Å²) in [6, 6.07) is -1.23. The van der Waals surface area contributed by atoms with Crippen LogP contribution in [0, 0.1) is 0 Å². The lowest BCUT2D eigenvalue weighted by Crippen LogP contribution is -2.33. The molecular weight excluding hydrogens is 227 g/mol. The van der Waals surface area contributed by atoms with Crippen LogP contribution in [0.25, 0.3) is 0 Å². The van der Waals surface area contributed by atoms with Gasteiger partial charge in [-0.05, 0) is 0 Å². The highest BCUT2D eigenvalue weighted by Crippen LogP contribution is 2.18. The standard InChI is InChI=1S/C8H10F3N3O2/c9-8(10,11)3-14-4-13-2-5(14)1-6(12)7(15)16/h2,4,6H,1,3,12H2,(H,15,16)/t6-/m0/s1. The molecule has 0 aliphatic carbocycles. The number of carboxylic acids is 1. The summed E-state index contributed by atoms with van der Waals surface area (Å²) >= 11 is 0. The first kappa shape index (κ1) is 12.5. The Kier molecular flexibility index (Phi) is 3.53. The van der Waals surface area contributed by atoms with E-state index >= 15 is 0 Å². The predicted octanol–water partition coefficient (Wildman–Crippen LogP) is 0.400. The van der Waals surface area contributed by atoms with Gasteiger partial charge in [-0.15, -0.1) is 0 Å². The van der Waals surface area contributed by atoms with Crippen molar-refractivity contribution in [2.24, 2.45) is 5.73 Å². The average Bonchev–Trinajstić information content (AvgIpc) is 2.49. The Hall–Kier alpha value is -1.57. The zero-order valence-corrected chi connectivity index (χ0v) is 8.11. The van der Waals surface area contributed by atoms with Crippen molar-refractivity contribution in [1.82, 2.24) is 9.55 Å². The fourth-order valence-corrected chi connectivity index (χ4v) is 1.17. The molecule has 8 heteroatoms. The second kappa shape index (κ2) is 4.52. The van der Waals surface area contributed by atoms with Crippen LogP contribution in [0.4, 0.5) is 13.2 Å². The summed E-state index contributed by atoms with van der Waals surface area (Å²) in [6.45, 7) is -1.20. The van der Waals surface area contributed by atoms with Crippen molar-refractivity contribution in [2.75, 3.05) is 0 Å². The molecular formula is C8H10F3N3O2. The van der Waals surface area contributed by atoms with E-state index in [1.165, 1.54) is 6.20 Å². The number of imidazole rings is 1. The van der Waals surface area contributed by atoms with E-state index in [4.69, 9.17) is 10.8 Å². The van der Waals surface area contributed by atoms with Gasteiger partial charge in [-0.25, -0.2) is 4.98 Å². The molecule has 5 nitrogen and oxygen atoms in total. The molecule has 1 aromatic heterocycles. The van der Waals surface area contributed by atoms with E-state index in [0.29, 0.717) is 0 Å². The molecule has 1 aromatic rings. The predicted molar refractivity (Wildman–Crippen MR) is 47.6 cm³/mol. The Balaban J connectivity index is 2.75. The van der Waals surface area contributed by atoms with Crippen LogP contribution in [0.2, 0.25) is 0 Å². The van der Waals surface area contributed by atoms with Gasteiger partial charge in [-0.3, -0.25) is 4.79 Å². The third-order valence-corrected chi connectivity index (χ3v) is 1.89. The van der Waals surface area contributed by atoms with Gasteiger partial charge in [-0.1, -0.05) is 0 Å². The number of rotatable bonds is 4. The van der Waals surface area contributed by atoms with Crippen molar-refractivity contribution in [1.29, 1.82) is 0 Å². The van der Waals surface area contributed by atoms with Crippen molar-refractivity contribution < 1.29 is 23.1 Å². The number of aromatic nitrogens is 2. The van der Waals surface area contributed by atoms with Gasteiger partial charge in [0.15, 0.2) is 0 Å². The number of hydrogen-bond donors (Lipinski definition) is 2. The monoisotopic (exact) mass is 237 g/mol. The Bertz CT molecular complexity index is 375. The van der Waals surface area contributed by atoms with Crippen LogP contribution in [-0.4, -0.2) is 32.8 Å². The van der Waals surface area contributed by atoms with Crippen molar-refractivity contribution in [3.8, 4) is 0 Å². The molecule has 1 atom stereocenters. The van der Waals surface area contributed by atoms with Crippen LogP contribution >= 0.6 is 0 Å². The molecule has 16 heavy (non-hydrogen) atoms. The second-order valence-corrected chi connectivity index (χ2v) is 3.28. The SMILES string of the molecule is N[C@@H](Cc1cncn1CC(F)(F)F)C(=O)O. The largest absolute Gasteiger partial charge is 0.480 e. The zero-order valence-electron chi connectivity index (χ0n) is 8.11. The molecule has 0 fully saturated rings. The highest BCUT2D eigenvalue weighted by molar-refractivity contribution is 5.73. The summed E-state index contributed by atoms with van der Waals surface area (Å²) in [6.07, 6.45) is -2.39. The van der Waals surface area contributed by atoms with Gasteiger partial charge in [0.1, 0.15) is 12.6 Å². The highest BCUT2D eigenvalue weighted by Gasteiger charge is 2.29.